The first-order valence-corrected chi connectivity index (χ1v) is 10.7. The predicted octanol–water partition coefficient (Wildman–Crippen LogP) is 4.62. The summed E-state index contributed by atoms with van der Waals surface area (Å²) in [5.41, 5.74) is 6.28. The van der Waals surface area contributed by atoms with E-state index in [1.807, 2.05) is 93.0 Å². The number of nitrogens with zero attached hydrogens (tertiary/aromatic N) is 3. The molecule has 0 amide bonds. The van der Waals surface area contributed by atoms with Crippen LogP contribution in [0.2, 0.25) is 0 Å². The molecule has 3 aromatic carbocycles. The molecule has 0 spiro atoms. The fourth-order valence-corrected chi connectivity index (χ4v) is 4.52. The summed E-state index contributed by atoms with van der Waals surface area (Å²) >= 11 is 0. The third-order valence-corrected chi connectivity index (χ3v) is 6.24. The number of fused-ring (bicyclic) bond motifs is 3. The topological polar surface area (TPSA) is 48.9 Å². The zero-order chi connectivity index (χ0) is 22.6. The van der Waals surface area contributed by atoms with Crippen molar-refractivity contribution in [2.45, 2.75) is 27.3 Å². The molecule has 160 valence electrons. The van der Waals surface area contributed by atoms with Gasteiger partial charge in [0.1, 0.15) is 5.52 Å². The second kappa shape index (κ2) is 7.38. The SMILES string of the molecule is Cc1ccc(Cn2c(=O)n(-c3ccccc3C)c(=O)c3c2c2cc(C)ccc2n3C)cc1. The fraction of sp³-hybridized carbons (Fsp3) is 0.185. The predicted molar refractivity (Wildman–Crippen MR) is 130 cm³/mol. The summed E-state index contributed by atoms with van der Waals surface area (Å²) < 4.78 is 4.97. The molecule has 0 saturated heterocycles. The Labute approximate surface area is 185 Å². The number of rotatable bonds is 3. The Morgan fingerprint density at radius 1 is 0.781 bits per heavy atom. The number of hydrogen-bond donors (Lipinski definition) is 0. The molecular formula is C27H25N3O2. The van der Waals surface area contributed by atoms with E-state index in [1.54, 1.807) is 4.57 Å². The van der Waals surface area contributed by atoms with Crippen LogP contribution in [0.5, 0.6) is 0 Å². The summed E-state index contributed by atoms with van der Waals surface area (Å²) in [4.78, 5) is 27.6. The molecule has 0 unspecified atom stereocenters. The number of para-hydroxylation sites is 1. The maximum absolute atomic E-state index is 13.9. The monoisotopic (exact) mass is 423 g/mol. The van der Waals surface area contributed by atoms with Crippen LogP contribution in [0.15, 0.2) is 76.3 Å². The van der Waals surface area contributed by atoms with Crippen molar-refractivity contribution in [1.29, 1.82) is 0 Å². The van der Waals surface area contributed by atoms with Gasteiger partial charge in [-0.25, -0.2) is 9.36 Å². The first-order chi connectivity index (χ1) is 15.4. The summed E-state index contributed by atoms with van der Waals surface area (Å²) in [6, 6.07) is 21.8. The average Bonchev–Trinajstić information content (AvgIpc) is 3.05. The molecule has 5 heteroatoms. The minimum atomic E-state index is -0.327. The zero-order valence-corrected chi connectivity index (χ0v) is 18.7. The molecule has 0 radical (unpaired) electrons. The Bertz CT molecular complexity index is 1620. The van der Waals surface area contributed by atoms with E-state index >= 15 is 0 Å². The van der Waals surface area contributed by atoms with Crippen LogP contribution >= 0.6 is 0 Å². The minimum Gasteiger partial charge on any atom is -0.338 e. The molecule has 0 aliphatic carbocycles. The summed E-state index contributed by atoms with van der Waals surface area (Å²) in [6.07, 6.45) is 0. The summed E-state index contributed by atoms with van der Waals surface area (Å²) in [6.45, 7) is 6.37. The Morgan fingerprint density at radius 3 is 2.19 bits per heavy atom. The lowest BCUT2D eigenvalue weighted by molar-refractivity contribution is 0.711. The second-order valence-corrected chi connectivity index (χ2v) is 8.56. The van der Waals surface area contributed by atoms with Crippen LogP contribution in [0, 0.1) is 20.8 Å². The van der Waals surface area contributed by atoms with E-state index in [0.717, 1.165) is 33.2 Å². The fourth-order valence-electron chi connectivity index (χ4n) is 4.52. The summed E-state index contributed by atoms with van der Waals surface area (Å²) in [5, 5.41) is 0.917. The molecule has 0 saturated carbocycles. The maximum atomic E-state index is 13.9. The van der Waals surface area contributed by atoms with Gasteiger partial charge in [0.05, 0.1) is 23.3 Å². The van der Waals surface area contributed by atoms with E-state index < -0.39 is 0 Å². The van der Waals surface area contributed by atoms with E-state index in [9.17, 15) is 9.59 Å². The minimum absolute atomic E-state index is 0.296. The molecule has 5 rings (SSSR count). The second-order valence-electron chi connectivity index (χ2n) is 8.56. The highest BCUT2D eigenvalue weighted by atomic mass is 16.2. The van der Waals surface area contributed by atoms with Gasteiger partial charge < -0.3 is 4.57 Å². The van der Waals surface area contributed by atoms with Gasteiger partial charge >= 0.3 is 5.69 Å². The van der Waals surface area contributed by atoms with Gasteiger partial charge in [-0.15, -0.1) is 0 Å². The van der Waals surface area contributed by atoms with Gasteiger partial charge in [0.15, 0.2) is 0 Å². The van der Waals surface area contributed by atoms with Crippen molar-refractivity contribution in [3.63, 3.8) is 0 Å². The summed E-state index contributed by atoms with van der Waals surface area (Å²) in [7, 11) is 1.89. The number of aryl methyl sites for hydroxylation is 4. The molecule has 0 aliphatic rings. The molecule has 5 aromatic rings. The van der Waals surface area contributed by atoms with Gasteiger partial charge in [0, 0.05) is 12.4 Å². The van der Waals surface area contributed by atoms with Crippen molar-refractivity contribution in [3.8, 4) is 5.69 Å². The van der Waals surface area contributed by atoms with Crippen molar-refractivity contribution in [1.82, 2.24) is 13.7 Å². The zero-order valence-electron chi connectivity index (χ0n) is 18.7. The number of aromatic nitrogens is 3. The molecule has 32 heavy (non-hydrogen) atoms. The Morgan fingerprint density at radius 2 is 1.47 bits per heavy atom. The van der Waals surface area contributed by atoms with Gasteiger partial charge in [-0.05, 0) is 50.1 Å². The van der Waals surface area contributed by atoms with E-state index in [2.05, 4.69) is 6.07 Å². The molecule has 0 atom stereocenters. The van der Waals surface area contributed by atoms with Crippen molar-refractivity contribution in [3.05, 3.63) is 110 Å². The average molecular weight is 424 g/mol. The highest BCUT2D eigenvalue weighted by molar-refractivity contribution is 6.06. The van der Waals surface area contributed by atoms with Crippen molar-refractivity contribution in [2.75, 3.05) is 0 Å². The normalized spacial score (nSPS) is 11.5. The van der Waals surface area contributed by atoms with Crippen LogP contribution < -0.4 is 11.2 Å². The first kappa shape index (κ1) is 20.1. The Balaban J connectivity index is 1.96. The third-order valence-electron chi connectivity index (χ3n) is 6.24. The first-order valence-electron chi connectivity index (χ1n) is 10.7. The Hall–Kier alpha value is -3.86. The van der Waals surface area contributed by atoms with Gasteiger partial charge in [0.2, 0.25) is 0 Å². The molecule has 0 fully saturated rings. The van der Waals surface area contributed by atoms with Gasteiger partial charge in [0.25, 0.3) is 5.56 Å². The molecule has 5 nitrogen and oxygen atoms in total. The Kier molecular flexibility index (Phi) is 4.63. The lowest BCUT2D eigenvalue weighted by Crippen LogP contribution is -2.39. The van der Waals surface area contributed by atoms with E-state index in [0.29, 0.717) is 23.3 Å². The molecule has 2 aromatic heterocycles. The van der Waals surface area contributed by atoms with Crippen molar-refractivity contribution in [2.24, 2.45) is 7.05 Å². The van der Waals surface area contributed by atoms with E-state index in [1.165, 1.54) is 4.57 Å². The highest BCUT2D eigenvalue weighted by Crippen LogP contribution is 2.27. The highest BCUT2D eigenvalue weighted by Gasteiger charge is 2.22. The lowest BCUT2D eigenvalue weighted by atomic mass is 10.1. The van der Waals surface area contributed by atoms with Crippen molar-refractivity contribution >= 4 is 21.9 Å². The largest absolute Gasteiger partial charge is 0.338 e. The van der Waals surface area contributed by atoms with Gasteiger partial charge in [-0.3, -0.25) is 9.36 Å². The van der Waals surface area contributed by atoms with Crippen LogP contribution in [-0.2, 0) is 13.6 Å². The lowest BCUT2D eigenvalue weighted by Gasteiger charge is -2.15. The molecule has 0 bridgehead atoms. The maximum Gasteiger partial charge on any atom is 0.336 e. The summed E-state index contributed by atoms with van der Waals surface area (Å²) in [5.74, 6) is 0. The quantitative estimate of drug-likeness (QED) is 0.425. The van der Waals surface area contributed by atoms with Crippen LogP contribution in [0.4, 0.5) is 0 Å². The number of hydrogen-bond acceptors (Lipinski definition) is 2. The molecule has 0 aliphatic heterocycles. The van der Waals surface area contributed by atoms with Gasteiger partial charge in [-0.2, -0.15) is 0 Å². The van der Waals surface area contributed by atoms with E-state index in [-0.39, 0.29) is 11.2 Å². The van der Waals surface area contributed by atoms with E-state index in [4.69, 9.17) is 0 Å². The molecule has 2 heterocycles. The van der Waals surface area contributed by atoms with Crippen molar-refractivity contribution < 1.29 is 0 Å². The van der Waals surface area contributed by atoms with Crippen LogP contribution in [0.3, 0.4) is 0 Å². The van der Waals surface area contributed by atoms with Crippen LogP contribution in [-0.4, -0.2) is 13.7 Å². The van der Waals surface area contributed by atoms with Crippen LogP contribution in [0.1, 0.15) is 22.3 Å². The standard InChI is InChI=1S/C27H25N3O2/c1-17-9-12-20(13-10-17)16-29-24-21-15-18(2)11-14-23(21)28(4)25(24)26(31)30(27(29)32)22-8-6-5-7-19(22)3/h5-15H,16H2,1-4H3. The molecular weight excluding hydrogens is 398 g/mol. The third kappa shape index (κ3) is 3.01. The molecule has 0 N–H and O–H groups in total. The van der Waals surface area contributed by atoms with Crippen LogP contribution in [0.25, 0.3) is 27.6 Å². The smallest absolute Gasteiger partial charge is 0.336 e. The van der Waals surface area contributed by atoms with Gasteiger partial charge in [-0.1, -0.05) is 59.7 Å². The number of benzene rings is 3.